The van der Waals surface area contributed by atoms with E-state index in [2.05, 4.69) is 34.4 Å². The zero-order chi connectivity index (χ0) is 22.9. The van der Waals surface area contributed by atoms with Crippen LogP contribution < -0.4 is 10.2 Å². The van der Waals surface area contributed by atoms with E-state index in [-0.39, 0.29) is 11.8 Å². The Kier molecular flexibility index (Phi) is 6.08. The molecular weight excluding hydrogens is 454 g/mol. The number of halogens is 1. The first kappa shape index (κ1) is 21.9. The number of hydrogen-bond acceptors (Lipinski definition) is 5. The number of rotatable bonds is 5. The van der Waals surface area contributed by atoms with Crippen LogP contribution in [0.5, 0.6) is 0 Å². The lowest BCUT2D eigenvalue weighted by Gasteiger charge is -2.31. The van der Waals surface area contributed by atoms with E-state index in [0.29, 0.717) is 18.1 Å². The van der Waals surface area contributed by atoms with E-state index in [0.717, 1.165) is 51.8 Å². The van der Waals surface area contributed by atoms with Gasteiger partial charge in [-0.2, -0.15) is 10.1 Å². The molecule has 1 N–H and O–H groups in total. The number of anilines is 1. The standard InChI is InChI=1S/C25H26ClN5OS/c1-16-6-3-4-7-18(16)14-27-24(32)19-8-5-13-30(15-19)25-28-23-22(33-25)17(2)29-31(23)21-11-9-20(26)10-12-21/h3-4,6-7,9-12,19H,5,8,13-15H2,1-2H3,(H,27,32). The highest BCUT2D eigenvalue weighted by atomic mass is 35.5. The van der Waals surface area contributed by atoms with Gasteiger partial charge in [0.05, 0.1) is 22.0 Å². The summed E-state index contributed by atoms with van der Waals surface area (Å²) in [6.07, 6.45) is 1.87. The third kappa shape index (κ3) is 4.48. The van der Waals surface area contributed by atoms with Crippen molar-refractivity contribution in [1.82, 2.24) is 20.1 Å². The molecule has 33 heavy (non-hydrogen) atoms. The molecule has 2 aromatic heterocycles. The van der Waals surface area contributed by atoms with Crippen molar-refractivity contribution in [1.29, 1.82) is 0 Å². The van der Waals surface area contributed by atoms with Gasteiger partial charge < -0.3 is 10.2 Å². The molecular formula is C25H26ClN5OS. The molecule has 0 saturated carbocycles. The highest BCUT2D eigenvalue weighted by Gasteiger charge is 2.28. The minimum absolute atomic E-state index is 0.0383. The van der Waals surface area contributed by atoms with Crippen molar-refractivity contribution in [3.05, 3.63) is 70.4 Å². The lowest BCUT2D eigenvalue weighted by atomic mass is 9.97. The summed E-state index contributed by atoms with van der Waals surface area (Å²) in [4.78, 5) is 20.1. The SMILES string of the molecule is Cc1ccccc1CNC(=O)C1CCCN(c2nc3c(s2)c(C)nn3-c2ccc(Cl)cc2)C1. The predicted molar refractivity (Wildman–Crippen MR) is 134 cm³/mol. The van der Waals surface area contributed by atoms with Gasteiger partial charge in [0.2, 0.25) is 5.91 Å². The van der Waals surface area contributed by atoms with Crippen molar-refractivity contribution in [3.8, 4) is 5.69 Å². The largest absolute Gasteiger partial charge is 0.352 e. The monoisotopic (exact) mass is 479 g/mol. The number of fused-ring (bicyclic) bond motifs is 1. The minimum atomic E-state index is -0.0383. The molecule has 1 aliphatic rings. The van der Waals surface area contributed by atoms with E-state index >= 15 is 0 Å². The summed E-state index contributed by atoms with van der Waals surface area (Å²) in [5.74, 6) is 0.0798. The number of hydrogen-bond donors (Lipinski definition) is 1. The molecule has 1 fully saturated rings. The van der Waals surface area contributed by atoms with E-state index in [9.17, 15) is 4.79 Å². The summed E-state index contributed by atoms with van der Waals surface area (Å²) >= 11 is 7.70. The second kappa shape index (κ2) is 9.15. The predicted octanol–water partition coefficient (Wildman–Crippen LogP) is 5.29. The van der Waals surface area contributed by atoms with E-state index in [1.54, 1.807) is 11.3 Å². The normalized spacial score (nSPS) is 16.3. The molecule has 4 aromatic rings. The molecule has 170 valence electrons. The number of nitrogens with zero attached hydrogens (tertiary/aromatic N) is 4. The van der Waals surface area contributed by atoms with Crippen LogP contribution >= 0.6 is 22.9 Å². The van der Waals surface area contributed by atoms with Crippen LogP contribution in [0.25, 0.3) is 16.0 Å². The lowest BCUT2D eigenvalue weighted by molar-refractivity contribution is -0.125. The highest BCUT2D eigenvalue weighted by Crippen LogP contribution is 2.34. The maximum atomic E-state index is 12.9. The summed E-state index contributed by atoms with van der Waals surface area (Å²) in [6.45, 7) is 6.24. The molecule has 1 aliphatic heterocycles. The Labute approximate surface area is 202 Å². The first-order valence-electron chi connectivity index (χ1n) is 11.2. The number of piperidine rings is 1. The average molecular weight is 480 g/mol. The third-order valence-corrected chi connectivity index (χ3v) is 7.69. The van der Waals surface area contributed by atoms with Crippen LogP contribution in [-0.4, -0.2) is 33.8 Å². The summed E-state index contributed by atoms with van der Waals surface area (Å²) in [5, 5.41) is 9.46. The quantitative estimate of drug-likeness (QED) is 0.422. The summed E-state index contributed by atoms with van der Waals surface area (Å²) in [7, 11) is 0. The second-order valence-corrected chi connectivity index (χ2v) is 9.97. The zero-order valence-electron chi connectivity index (χ0n) is 18.7. The fourth-order valence-electron chi connectivity index (χ4n) is 4.32. The van der Waals surface area contributed by atoms with E-state index in [4.69, 9.17) is 16.6 Å². The highest BCUT2D eigenvalue weighted by molar-refractivity contribution is 7.22. The minimum Gasteiger partial charge on any atom is -0.352 e. The fourth-order valence-corrected chi connectivity index (χ4v) is 5.47. The van der Waals surface area contributed by atoms with Gasteiger partial charge in [0, 0.05) is 24.7 Å². The Morgan fingerprint density at radius 1 is 1.18 bits per heavy atom. The Morgan fingerprint density at radius 3 is 2.76 bits per heavy atom. The first-order valence-corrected chi connectivity index (χ1v) is 12.4. The van der Waals surface area contributed by atoms with Crippen molar-refractivity contribution >= 4 is 44.3 Å². The molecule has 1 amide bonds. The molecule has 1 atom stereocenters. The number of nitrogens with one attached hydrogen (secondary N) is 1. The van der Waals surface area contributed by atoms with Gasteiger partial charge in [0.25, 0.3) is 0 Å². The number of benzene rings is 2. The topological polar surface area (TPSA) is 63.1 Å². The zero-order valence-corrected chi connectivity index (χ0v) is 20.3. The number of aromatic nitrogens is 3. The Balaban J connectivity index is 1.32. The molecule has 1 unspecified atom stereocenters. The van der Waals surface area contributed by atoms with Gasteiger partial charge >= 0.3 is 0 Å². The van der Waals surface area contributed by atoms with Crippen LogP contribution in [0.3, 0.4) is 0 Å². The maximum absolute atomic E-state index is 12.9. The van der Waals surface area contributed by atoms with Gasteiger partial charge in [-0.1, -0.05) is 47.2 Å². The molecule has 0 bridgehead atoms. The maximum Gasteiger partial charge on any atom is 0.225 e. The number of amides is 1. The van der Waals surface area contributed by atoms with Gasteiger partial charge in [-0.3, -0.25) is 4.79 Å². The second-order valence-electron chi connectivity index (χ2n) is 8.55. The van der Waals surface area contributed by atoms with Gasteiger partial charge in [-0.15, -0.1) is 0 Å². The van der Waals surface area contributed by atoms with E-state index in [1.807, 2.05) is 48.0 Å². The number of carbonyl (C=O) groups is 1. The van der Waals surface area contributed by atoms with Gasteiger partial charge in [0.1, 0.15) is 0 Å². The van der Waals surface area contributed by atoms with Crippen LogP contribution in [0.15, 0.2) is 48.5 Å². The number of thiazole rings is 1. The Bertz CT molecular complexity index is 1300. The van der Waals surface area contributed by atoms with Crippen LogP contribution in [-0.2, 0) is 11.3 Å². The molecule has 8 heteroatoms. The van der Waals surface area contributed by atoms with Crippen LogP contribution in [0.4, 0.5) is 5.13 Å². The summed E-state index contributed by atoms with van der Waals surface area (Å²) < 4.78 is 2.95. The van der Waals surface area contributed by atoms with Gasteiger partial charge in [0.15, 0.2) is 10.8 Å². The molecule has 1 saturated heterocycles. The molecule has 0 spiro atoms. The van der Waals surface area contributed by atoms with Crippen molar-refractivity contribution in [2.45, 2.75) is 33.2 Å². The van der Waals surface area contributed by atoms with Crippen molar-refractivity contribution in [2.75, 3.05) is 18.0 Å². The molecule has 0 radical (unpaired) electrons. The third-order valence-electron chi connectivity index (χ3n) is 6.23. The van der Waals surface area contributed by atoms with E-state index < -0.39 is 0 Å². The average Bonchev–Trinajstić information content (AvgIpc) is 3.40. The van der Waals surface area contributed by atoms with Crippen LogP contribution in [0.1, 0.15) is 29.7 Å². The Hall–Kier alpha value is -2.90. The van der Waals surface area contributed by atoms with Crippen molar-refractivity contribution < 1.29 is 4.79 Å². The number of aryl methyl sites for hydroxylation is 2. The Morgan fingerprint density at radius 2 is 1.97 bits per heavy atom. The fraction of sp³-hybridized carbons (Fsp3) is 0.320. The number of carbonyl (C=O) groups excluding carboxylic acids is 1. The lowest BCUT2D eigenvalue weighted by Crippen LogP contribution is -2.43. The molecule has 5 rings (SSSR count). The van der Waals surface area contributed by atoms with Gasteiger partial charge in [-0.25, -0.2) is 4.68 Å². The molecule has 6 nitrogen and oxygen atoms in total. The first-order chi connectivity index (χ1) is 16.0. The molecule has 3 heterocycles. The molecule has 2 aromatic carbocycles. The van der Waals surface area contributed by atoms with Gasteiger partial charge in [-0.05, 0) is 62.1 Å². The van der Waals surface area contributed by atoms with E-state index in [1.165, 1.54) is 5.56 Å². The summed E-state index contributed by atoms with van der Waals surface area (Å²) in [5.41, 5.74) is 5.09. The van der Waals surface area contributed by atoms with Crippen molar-refractivity contribution in [3.63, 3.8) is 0 Å². The van der Waals surface area contributed by atoms with Crippen LogP contribution in [0.2, 0.25) is 5.02 Å². The summed E-state index contributed by atoms with van der Waals surface area (Å²) in [6, 6.07) is 15.8. The smallest absolute Gasteiger partial charge is 0.225 e. The molecule has 0 aliphatic carbocycles. The van der Waals surface area contributed by atoms with Crippen LogP contribution in [0, 0.1) is 19.8 Å². The van der Waals surface area contributed by atoms with Crippen molar-refractivity contribution in [2.24, 2.45) is 5.92 Å².